The maximum Gasteiger partial charge on any atom is 0.243 e. The van der Waals surface area contributed by atoms with Crippen molar-refractivity contribution >= 4 is 35.8 Å². The Hall–Kier alpha value is -1.58. The van der Waals surface area contributed by atoms with Crippen molar-refractivity contribution in [2.75, 3.05) is 27.2 Å². The molecule has 1 aromatic rings. The molecule has 2 unspecified atom stereocenters. The van der Waals surface area contributed by atoms with E-state index in [2.05, 4.69) is 22.5 Å². The average Bonchev–Trinajstić information content (AvgIpc) is 2.56. The molecule has 0 heterocycles. The van der Waals surface area contributed by atoms with Gasteiger partial charge in [0.1, 0.15) is 24.2 Å². The molecule has 0 aliphatic carbocycles. The fraction of sp³-hybridized carbons (Fsp3) is 0.556. The first-order valence-corrected chi connectivity index (χ1v) is 8.49. The fourth-order valence-corrected chi connectivity index (χ4v) is 1.83. The Kier molecular flexibility index (Phi) is 11.9. The van der Waals surface area contributed by atoms with Gasteiger partial charge in [0.05, 0.1) is 6.54 Å². The number of benzene rings is 1. The van der Waals surface area contributed by atoms with E-state index in [0.717, 1.165) is 6.42 Å². The molecule has 1 aromatic carbocycles. The molecule has 2 N–H and O–H groups in total. The Bertz CT molecular complexity index is 584. The largest absolute Gasteiger partial charge is 0.489 e. The van der Waals surface area contributed by atoms with Gasteiger partial charge in [-0.2, -0.15) is 0 Å². The van der Waals surface area contributed by atoms with Gasteiger partial charge in [0.25, 0.3) is 0 Å². The van der Waals surface area contributed by atoms with Crippen molar-refractivity contribution in [1.82, 2.24) is 15.5 Å². The Morgan fingerprint density at radius 3 is 2.62 bits per heavy atom. The molecule has 0 aromatic heterocycles. The van der Waals surface area contributed by atoms with Crippen molar-refractivity contribution in [3.05, 3.63) is 30.1 Å². The standard InChI is InChI=1S/C18H29FN4O2.HI/c1-6-13(2)22-18(21-12-17(24)23(4)5)20-11-14(3)25-16-9-7-8-15(19)10-16;/h7-10,13-14H,6,11-12H2,1-5H3,(H2,20,21,22);1H. The highest BCUT2D eigenvalue weighted by Crippen LogP contribution is 2.13. The third-order valence-electron chi connectivity index (χ3n) is 3.56. The summed E-state index contributed by atoms with van der Waals surface area (Å²) in [6.07, 6.45) is 0.729. The van der Waals surface area contributed by atoms with Gasteiger partial charge in [0.2, 0.25) is 5.91 Å². The van der Waals surface area contributed by atoms with Gasteiger partial charge in [-0.05, 0) is 32.4 Å². The van der Waals surface area contributed by atoms with Crippen LogP contribution in [-0.4, -0.2) is 56.1 Å². The molecule has 26 heavy (non-hydrogen) atoms. The molecule has 0 saturated heterocycles. The summed E-state index contributed by atoms with van der Waals surface area (Å²) in [6, 6.07) is 6.26. The SMILES string of the molecule is CCC(C)NC(=NCC(=O)N(C)C)NCC(C)Oc1cccc(F)c1.I. The highest BCUT2D eigenvalue weighted by atomic mass is 127. The molecule has 2 atom stereocenters. The third-order valence-corrected chi connectivity index (χ3v) is 3.56. The number of rotatable bonds is 8. The fourth-order valence-electron chi connectivity index (χ4n) is 1.83. The number of hydrogen-bond donors (Lipinski definition) is 2. The van der Waals surface area contributed by atoms with Crippen LogP contribution in [0, 0.1) is 5.82 Å². The van der Waals surface area contributed by atoms with Crippen molar-refractivity contribution in [1.29, 1.82) is 0 Å². The van der Waals surface area contributed by atoms with E-state index < -0.39 is 0 Å². The van der Waals surface area contributed by atoms with E-state index >= 15 is 0 Å². The van der Waals surface area contributed by atoms with Crippen LogP contribution in [0.2, 0.25) is 0 Å². The van der Waals surface area contributed by atoms with Crippen LogP contribution in [0.25, 0.3) is 0 Å². The van der Waals surface area contributed by atoms with E-state index in [1.54, 1.807) is 26.2 Å². The zero-order valence-corrected chi connectivity index (χ0v) is 18.4. The summed E-state index contributed by atoms with van der Waals surface area (Å²) in [4.78, 5) is 17.5. The highest BCUT2D eigenvalue weighted by Gasteiger charge is 2.10. The third kappa shape index (κ3) is 9.79. The van der Waals surface area contributed by atoms with Crippen LogP contribution in [0.4, 0.5) is 4.39 Å². The van der Waals surface area contributed by atoms with Gasteiger partial charge in [-0.1, -0.05) is 13.0 Å². The van der Waals surface area contributed by atoms with Crippen LogP contribution in [-0.2, 0) is 4.79 Å². The van der Waals surface area contributed by atoms with Crippen molar-refractivity contribution in [2.45, 2.75) is 39.3 Å². The maximum atomic E-state index is 13.2. The lowest BCUT2D eigenvalue weighted by atomic mass is 10.3. The first kappa shape index (κ1) is 24.4. The number of halogens is 2. The number of hydrogen-bond acceptors (Lipinski definition) is 3. The molecule has 0 spiro atoms. The van der Waals surface area contributed by atoms with E-state index in [1.165, 1.54) is 17.0 Å². The lowest BCUT2D eigenvalue weighted by molar-refractivity contribution is -0.127. The number of carbonyl (C=O) groups is 1. The Labute approximate surface area is 172 Å². The molecule has 0 bridgehead atoms. The predicted octanol–water partition coefficient (Wildman–Crippen LogP) is 2.63. The maximum absolute atomic E-state index is 13.2. The molecule has 0 aliphatic rings. The summed E-state index contributed by atoms with van der Waals surface area (Å²) in [5.41, 5.74) is 0. The van der Waals surface area contributed by atoms with E-state index in [4.69, 9.17) is 4.74 Å². The monoisotopic (exact) mass is 480 g/mol. The second-order valence-electron chi connectivity index (χ2n) is 6.17. The molecule has 6 nitrogen and oxygen atoms in total. The van der Waals surface area contributed by atoms with Gasteiger partial charge in [0.15, 0.2) is 5.96 Å². The minimum absolute atomic E-state index is 0. The zero-order valence-electron chi connectivity index (χ0n) is 16.1. The lowest BCUT2D eigenvalue weighted by Crippen LogP contribution is -2.45. The van der Waals surface area contributed by atoms with Gasteiger partial charge < -0.3 is 20.3 Å². The van der Waals surface area contributed by atoms with Crippen molar-refractivity contribution < 1.29 is 13.9 Å². The van der Waals surface area contributed by atoms with Crippen molar-refractivity contribution in [2.24, 2.45) is 4.99 Å². The second-order valence-corrected chi connectivity index (χ2v) is 6.17. The number of guanidine groups is 1. The molecule has 8 heteroatoms. The molecule has 148 valence electrons. The molecule has 0 radical (unpaired) electrons. The van der Waals surface area contributed by atoms with Crippen LogP contribution in [0.1, 0.15) is 27.2 Å². The first-order valence-electron chi connectivity index (χ1n) is 8.49. The first-order chi connectivity index (χ1) is 11.8. The Morgan fingerprint density at radius 2 is 2.04 bits per heavy atom. The molecule has 0 aliphatic heterocycles. The summed E-state index contributed by atoms with van der Waals surface area (Å²) in [7, 11) is 3.39. The number of nitrogens with one attached hydrogen (secondary N) is 2. The van der Waals surface area contributed by atoms with Gasteiger partial charge in [-0.25, -0.2) is 9.38 Å². The van der Waals surface area contributed by atoms with E-state index in [9.17, 15) is 9.18 Å². The van der Waals surface area contributed by atoms with Gasteiger partial charge >= 0.3 is 0 Å². The second kappa shape index (κ2) is 12.7. The molecule has 1 amide bonds. The number of likely N-dealkylation sites (N-methyl/N-ethyl adjacent to an activating group) is 1. The molecule has 1 rings (SSSR count). The highest BCUT2D eigenvalue weighted by molar-refractivity contribution is 14.0. The number of ether oxygens (including phenoxy) is 1. The van der Waals surface area contributed by atoms with E-state index in [1.807, 2.05) is 13.8 Å². The van der Waals surface area contributed by atoms with Crippen LogP contribution >= 0.6 is 24.0 Å². The summed E-state index contributed by atoms with van der Waals surface area (Å²) in [6.45, 7) is 6.52. The molecule has 0 saturated carbocycles. The summed E-state index contributed by atoms with van der Waals surface area (Å²) >= 11 is 0. The molecular formula is C18H30FIN4O2. The Morgan fingerprint density at radius 1 is 1.35 bits per heavy atom. The van der Waals surface area contributed by atoms with Gasteiger partial charge in [-0.3, -0.25) is 4.79 Å². The number of aliphatic imine (C=N–C) groups is 1. The smallest absolute Gasteiger partial charge is 0.243 e. The minimum Gasteiger partial charge on any atom is -0.489 e. The predicted molar refractivity (Wildman–Crippen MR) is 114 cm³/mol. The minimum atomic E-state index is -0.333. The summed E-state index contributed by atoms with van der Waals surface area (Å²) in [5.74, 6) is 0.625. The molecular weight excluding hydrogens is 450 g/mol. The van der Waals surface area contributed by atoms with E-state index in [0.29, 0.717) is 18.3 Å². The van der Waals surface area contributed by atoms with Gasteiger partial charge in [0, 0.05) is 26.2 Å². The topological polar surface area (TPSA) is 66.0 Å². The van der Waals surface area contributed by atoms with Crippen molar-refractivity contribution in [3.63, 3.8) is 0 Å². The van der Waals surface area contributed by atoms with E-state index in [-0.39, 0.29) is 54.4 Å². The normalized spacial score (nSPS) is 13.2. The van der Waals surface area contributed by atoms with Crippen LogP contribution in [0.5, 0.6) is 5.75 Å². The average molecular weight is 480 g/mol. The van der Waals surface area contributed by atoms with Crippen molar-refractivity contribution in [3.8, 4) is 5.75 Å². The van der Waals surface area contributed by atoms with Crippen LogP contribution < -0.4 is 15.4 Å². The van der Waals surface area contributed by atoms with Crippen LogP contribution in [0.3, 0.4) is 0 Å². The number of amides is 1. The Balaban J connectivity index is 0.00000625. The molecule has 0 fully saturated rings. The summed E-state index contributed by atoms with van der Waals surface area (Å²) in [5, 5.41) is 6.41. The number of nitrogens with zero attached hydrogens (tertiary/aromatic N) is 2. The number of carbonyl (C=O) groups excluding carboxylic acids is 1. The quantitative estimate of drug-likeness (QED) is 0.341. The van der Waals surface area contributed by atoms with Crippen LogP contribution in [0.15, 0.2) is 29.3 Å². The lowest BCUT2D eigenvalue weighted by Gasteiger charge is -2.20. The van der Waals surface area contributed by atoms with Gasteiger partial charge in [-0.15, -0.1) is 24.0 Å². The zero-order chi connectivity index (χ0) is 18.8. The summed E-state index contributed by atoms with van der Waals surface area (Å²) < 4.78 is 18.9.